The Morgan fingerprint density at radius 3 is 2.94 bits per heavy atom. The van der Waals surface area contributed by atoms with E-state index < -0.39 is 0 Å². The summed E-state index contributed by atoms with van der Waals surface area (Å²) in [5, 5.41) is 4.81. The van der Waals surface area contributed by atoms with Crippen LogP contribution in [0.1, 0.15) is 15.4 Å². The van der Waals surface area contributed by atoms with Gasteiger partial charge in [-0.25, -0.2) is 4.98 Å². The van der Waals surface area contributed by atoms with Crippen LogP contribution in [0, 0.1) is 0 Å². The number of hydrogen-bond acceptors (Lipinski definition) is 3. The van der Waals surface area contributed by atoms with Crippen LogP contribution in [0.5, 0.6) is 0 Å². The van der Waals surface area contributed by atoms with Gasteiger partial charge in [0.25, 0.3) is 5.91 Å². The Kier molecular flexibility index (Phi) is 4.31. The van der Waals surface area contributed by atoms with Crippen molar-refractivity contribution in [3.63, 3.8) is 0 Å². The van der Waals surface area contributed by atoms with Gasteiger partial charge in [0.15, 0.2) is 0 Å². The molecular weight excluding hydrogens is 368 g/mol. The molecule has 0 spiro atoms. The monoisotopic (exact) mass is 374 g/mol. The van der Waals surface area contributed by atoms with Crippen LogP contribution in [0.3, 0.4) is 0 Å². The summed E-state index contributed by atoms with van der Waals surface area (Å²) in [5.74, 6) is -0.179. The van der Waals surface area contributed by atoms with Gasteiger partial charge in [-0.05, 0) is 50.1 Å². The van der Waals surface area contributed by atoms with Crippen molar-refractivity contribution in [2.24, 2.45) is 0 Å². The molecule has 0 aliphatic rings. The first-order valence-corrected chi connectivity index (χ1v) is 7.25. The number of halogens is 2. The van der Waals surface area contributed by atoms with Gasteiger partial charge >= 0.3 is 0 Å². The number of amides is 1. The number of carbonyl (C=O) groups excluding carboxylic acids is 1. The van der Waals surface area contributed by atoms with E-state index in [-0.39, 0.29) is 5.91 Å². The molecule has 2 heterocycles. The van der Waals surface area contributed by atoms with E-state index in [1.165, 1.54) is 0 Å². The van der Waals surface area contributed by atoms with E-state index in [0.717, 1.165) is 9.35 Å². The average Bonchev–Trinajstić information content (AvgIpc) is 2.73. The lowest BCUT2D eigenvalue weighted by Gasteiger charge is -2.04. The van der Waals surface area contributed by atoms with Crippen molar-refractivity contribution < 1.29 is 4.79 Å². The maximum Gasteiger partial charge on any atom is 0.271 e. The molecule has 0 saturated heterocycles. The number of aromatic nitrogens is 1. The van der Waals surface area contributed by atoms with Gasteiger partial charge in [-0.2, -0.15) is 0 Å². The quantitative estimate of drug-likeness (QED) is 0.890. The summed E-state index contributed by atoms with van der Waals surface area (Å²) >= 11 is 8.27. The maximum atomic E-state index is 11.8. The predicted molar refractivity (Wildman–Crippen MR) is 75.1 cm³/mol. The summed E-state index contributed by atoms with van der Waals surface area (Å²) in [6.07, 6.45) is 1.60. The van der Waals surface area contributed by atoms with Gasteiger partial charge < -0.3 is 5.32 Å². The van der Waals surface area contributed by atoms with Crippen molar-refractivity contribution in [3.8, 4) is 0 Å². The van der Waals surface area contributed by atoms with Crippen LogP contribution in [-0.2, 0) is 6.54 Å². The van der Waals surface area contributed by atoms with Crippen molar-refractivity contribution >= 4 is 49.1 Å². The van der Waals surface area contributed by atoms with Crippen LogP contribution in [0.25, 0.3) is 0 Å². The first-order valence-electron chi connectivity index (χ1n) is 4.78. The second kappa shape index (κ2) is 5.75. The highest BCUT2D eigenvalue weighted by atomic mass is 79.9. The maximum absolute atomic E-state index is 11.8. The fourth-order valence-corrected chi connectivity index (χ4v) is 3.08. The Balaban J connectivity index is 2.01. The third-order valence-electron chi connectivity index (χ3n) is 2.02. The number of thiophene rings is 1. The summed E-state index contributed by atoms with van der Waals surface area (Å²) in [5.41, 5.74) is 0.406. The van der Waals surface area contributed by atoms with Crippen LogP contribution < -0.4 is 5.32 Å². The highest BCUT2D eigenvalue weighted by Gasteiger charge is 2.10. The molecule has 0 saturated carbocycles. The second-order valence-electron chi connectivity index (χ2n) is 3.25. The normalized spacial score (nSPS) is 10.2. The standard InChI is InChI=1S/C11H8Br2N2OS/c12-7-4-8(17-6-7)5-15-11(16)10-9(13)2-1-3-14-10/h1-4,6H,5H2,(H,15,16). The Labute approximate surface area is 120 Å². The molecule has 0 bridgehead atoms. The third kappa shape index (κ3) is 3.37. The zero-order valence-electron chi connectivity index (χ0n) is 8.61. The van der Waals surface area contributed by atoms with Crippen molar-refractivity contribution in [2.75, 3.05) is 0 Å². The SMILES string of the molecule is O=C(NCc1cc(Br)cs1)c1ncccc1Br. The fourth-order valence-electron chi connectivity index (χ4n) is 1.25. The minimum atomic E-state index is -0.179. The first-order chi connectivity index (χ1) is 8.16. The molecule has 0 aliphatic heterocycles. The molecule has 0 fully saturated rings. The zero-order chi connectivity index (χ0) is 12.3. The minimum Gasteiger partial charge on any atom is -0.346 e. The molecule has 1 N–H and O–H groups in total. The van der Waals surface area contributed by atoms with Gasteiger partial charge in [-0.1, -0.05) is 0 Å². The van der Waals surface area contributed by atoms with Gasteiger partial charge in [-0.15, -0.1) is 11.3 Å². The van der Waals surface area contributed by atoms with E-state index in [2.05, 4.69) is 42.2 Å². The average molecular weight is 376 g/mol. The van der Waals surface area contributed by atoms with Crippen LogP contribution in [-0.4, -0.2) is 10.9 Å². The molecule has 2 rings (SSSR count). The van der Waals surface area contributed by atoms with Crippen LogP contribution >= 0.6 is 43.2 Å². The molecule has 1 amide bonds. The van der Waals surface area contributed by atoms with E-state index in [1.54, 1.807) is 29.7 Å². The molecule has 2 aromatic rings. The summed E-state index contributed by atoms with van der Waals surface area (Å²) in [7, 11) is 0. The molecule has 6 heteroatoms. The smallest absolute Gasteiger partial charge is 0.271 e. The van der Waals surface area contributed by atoms with Gasteiger partial charge in [0, 0.05) is 25.4 Å². The Morgan fingerprint density at radius 2 is 2.29 bits per heavy atom. The van der Waals surface area contributed by atoms with Crippen molar-refractivity contribution in [2.45, 2.75) is 6.54 Å². The van der Waals surface area contributed by atoms with E-state index in [0.29, 0.717) is 16.7 Å². The molecule has 0 aromatic carbocycles. The van der Waals surface area contributed by atoms with E-state index in [1.807, 2.05) is 11.4 Å². The molecule has 0 aliphatic carbocycles. The number of nitrogens with zero attached hydrogens (tertiary/aromatic N) is 1. The zero-order valence-corrected chi connectivity index (χ0v) is 12.6. The molecule has 0 radical (unpaired) electrons. The van der Waals surface area contributed by atoms with Crippen LogP contribution in [0.2, 0.25) is 0 Å². The van der Waals surface area contributed by atoms with Crippen molar-refractivity contribution in [1.29, 1.82) is 0 Å². The van der Waals surface area contributed by atoms with Crippen molar-refractivity contribution in [1.82, 2.24) is 10.3 Å². The fraction of sp³-hybridized carbons (Fsp3) is 0.0909. The minimum absolute atomic E-state index is 0.179. The van der Waals surface area contributed by atoms with E-state index in [4.69, 9.17) is 0 Å². The number of hydrogen-bond donors (Lipinski definition) is 1. The van der Waals surface area contributed by atoms with Gasteiger partial charge in [0.1, 0.15) is 5.69 Å². The summed E-state index contributed by atoms with van der Waals surface area (Å²) in [4.78, 5) is 17.0. The molecule has 17 heavy (non-hydrogen) atoms. The van der Waals surface area contributed by atoms with E-state index in [9.17, 15) is 4.79 Å². The van der Waals surface area contributed by atoms with Crippen LogP contribution in [0.15, 0.2) is 38.7 Å². The molecule has 88 valence electrons. The highest BCUT2D eigenvalue weighted by Crippen LogP contribution is 2.19. The lowest BCUT2D eigenvalue weighted by atomic mass is 10.3. The lowest BCUT2D eigenvalue weighted by molar-refractivity contribution is 0.0945. The largest absolute Gasteiger partial charge is 0.346 e. The van der Waals surface area contributed by atoms with E-state index >= 15 is 0 Å². The lowest BCUT2D eigenvalue weighted by Crippen LogP contribution is -2.23. The third-order valence-corrected chi connectivity index (χ3v) is 4.36. The van der Waals surface area contributed by atoms with Crippen molar-refractivity contribution in [3.05, 3.63) is 49.3 Å². The first kappa shape index (κ1) is 12.7. The number of carbonyl (C=O) groups is 1. The predicted octanol–water partition coefficient (Wildman–Crippen LogP) is 3.60. The van der Waals surface area contributed by atoms with Gasteiger partial charge in [-0.3, -0.25) is 4.79 Å². The summed E-state index contributed by atoms with van der Waals surface area (Å²) in [6.45, 7) is 0.512. The van der Waals surface area contributed by atoms with Gasteiger partial charge in [0.2, 0.25) is 0 Å². The summed E-state index contributed by atoms with van der Waals surface area (Å²) < 4.78 is 1.73. The second-order valence-corrected chi connectivity index (χ2v) is 6.01. The highest BCUT2D eigenvalue weighted by molar-refractivity contribution is 9.10. The Morgan fingerprint density at radius 1 is 1.47 bits per heavy atom. The number of rotatable bonds is 3. The number of pyridine rings is 1. The molecule has 0 atom stereocenters. The molecule has 3 nitrogen and oxygen atoms in total. The molecule has 0 unspecified atom stereocenters. The Bertz CT molecular complexity index is 542. The van der Waals surface area contributed by atoms with Gasteiger partial charge in [0.05, 0.1) is 6.54 Å². The van der Waals surface area contributed by atoms with Crippen LogP contribution in [0.4, 0.5) is 0 Å². The summed E-state index contributed by atoms with van der Waals surface area (Å²) in [6, 6.07) is 5.55. The number of nitrogens with one attached hydrogen (secondary N) is 1. The molecular formula is C11H8Br2N2OS. The topological polar surface area (TPSA) is 42.0 Å². The Hall–Kier alpha value is -0.720. The molecule has 2 aromatic heterocycles.